The van der Waals surface area contributed by atoms with E-state index in [2.05, 4.69) is 4.72 Å². The fourth-order valence-corrected chi connectivity index (χ4v) is 3.59. The Kier molecular flexibility index (Phi) is 6.14. The van der Waals surface area contributed by atoms with Crippen LogP contribution in [0.2, 0.25) is 0 Å². The minimum atomic E-state index is -2.55. The molecule has 1 heterocycles. The van der Waals surface area contributed by atoms with Crippen LogP contribution in [0.25, 0.3) is 0 Å². The third kappa shape index (κ3) is 4.54. The number of phenolic OH excluding ortho intramolecular Hbond substituents is 1. The van der Waals surface area contributed by atoms with Gasteiger partial charge in [-0.05, 0) is 30.7 Å². The van der Waals surface area contributed by atoms with Gasteiger partial charge in [0.2, 0.25) is 0 Å². The monoisotopic (exact) mass is 420 g/mol. The number of hydrogen-bond acceptors (Lipinski definition) is 5. The van der Waals surface area contributed by atoms with Crippen LogP contribution in [0.5, 0.6) is 5.75 Å². The van der Waals surface area contributed by atoms with Crippen LogP contribution in [0, 0.1) is 12.7 Å². The van der Waals surface area contributed by atoms with Crippen LogP contribution in [0.4, 0.5) is 10.1 Å². The van der Waals surface area contributed by atoms with Crippen molar-refractivity contribution in [2.45, 2.75) is 6.92 Å². The third-order valence-electron chi connectivity index (χ3n) is 4.69. The Morgan fingerprint density at radius 1 is 1.10 bits per heavy atom. The summed E-state index contributed by atoms with van der Waals surface area (Å²) in [5.41, 5.74) is 0.610. The molecule has 8 nitrogen and oxygen atoms in total. The van der Waals surface area contributed by atoms with Gasteiger partial charge in [-0.15, -0.1) is 0 Å². The topological polar surface area (TPSA) is 113 Å². The SMILES string of the molecule is Cc1cc(NS(=O)[O-])cc(O)c1C(=O)N1CCN(C(=O)c2ccccc2F)CC1. The Hall–Kier alpha value is -2.98. The summed E-state index contributed by atoms with van der Waals surface area (Å²) < 4.78 is 37.5. The summed E-state index contributed by atoms with van der Waals surface area (Å²) in [6.45, 7) is 2.50. The predicted octanol–water partition coefficient (Wildman–Crippen LogP) is 1.64. The lowest BCUT2D eigenvalue weighted by molar-refractivity contribution is 0.0530. The summed E-state index contributed by atoms with van der Waals surface area (Å²) in [4.78, 5) is 28.3. The van der Waals surface area contributed by atoms with Crippen molar-refractivity contribution in [1.82, 2.24) is 9.80 Å². The summed E-state index contributed by atoms with van der Waals surface area (Å²) in [6.07, 6.45) is 0. The molecule has 29 heavy (non-hydrogen) atoms. The number of carbonyl (C=O) groups is 2. The van der Waals surface area contributed by atoms with E-state index in [1.165, 1.54) is 34.1 Å². The van der Waals surface area contributed by atoms with Gasteiger partial charge in [-0.25, -0.2) is 4.39 Å². The molecule has 2 aromatic carbocycles. The van der Waals surface area contributed by atoms with E-state index in [4.69, 9.17) is 0 Å². The summed E-state index contributed by atoms with van der Waals surface area (Å²) >= 11 is -2.55. The highest BCUT2D eigenvalue weighted by molar-refractivity contribution is 7.80. The zero-order valence-electron chi connectivity index (χ0n) is 15.6. The van der Waals surface area contributed by atoms with Gasteiger partial charge in [0.05, 0.1) is 11.1 Å². The van der Waals surface area contributed by atoms with E-state index in [1.54, 1.807) is 13.0 Å². The fourth-order valence-electron chi connectivity index (χ4n) is 3.28. The minimum absolute atomic E-state index is 0.0142. The number of amides is 2. The normalized spacial score (nSPS) is 15.1. The van der Waals surface area contributed by atoms with Crippen LogP contribution in [-0.4, -0.2) is 61.7 Å². The molecule has 2 N–H and O–H groups in total. The van der Waals surface area contributed by atoms with Gasteiger partial charge in [0.1, 0.15) is 11.6 Å². The number of carbonyl (C=O) groups excluding carboxylic acids is 2. The second-order valence-electron chi connectivity index (χ2n) is 6.59. The molecule has 1 aliphatic rings. The lowest BCUT2D eigenvalue weighted by Crippen LogP contribution is -2.50. The highest BCUT2D eigenvalue weighted by atomic mass is 32.2. The molecule has 2 amide bonds. The van der Waals surface area contributed by atoms with Gasteiger partial charge in [0, 0.05) is 49.2 Å². The first kappa shape index (κ1) is 20.7. The number of piperazine rings is 1. The molecule has 1 unspecified atom stereocenters. The third-order valence-corrected chi connectivity index (χ3v) is 5.09. The molecule has 2 aromatic rings. The number of aromatic hydroxyl groups is 1. The van der Waals surface area contributed by atoms with E-state index in [9.17, 15) is 27.8 Å². The number of halogens is 1. The molecule has 0 radical (unpaired) electrons. The average Bonchev–Trinajstić information content (AvgIpc) is 2.67. The Labute approximate surface area is 169 Å². The van der Waals surface area contributed by atoms with Crippen molar-refractivity contribution >= 4 is 28.8 Å². The van der Waals surface area contributed by atoms with E-state index in [0.717, 1.165) is 6.07 Å². The largest absolute Gasteiger partial charge is 0.755 e. The van der Waals surface area contributed by atoms with Crippen molar-refractivity contribution in [3.63, 3.8) is 0 Å². The maximum Gasteiger partial charge on any atom is 0.258 e. The molecule has 3 rings (SSSR count). The lowest BCUT2D eigenvalue weighted by atomic mass is 10.0. The van der Waals surface area contributed by atoms with Gasteiger partial charge < -0.3 is 24.2 Å². The Balaban J connectivity index is 1.70. The summed E-state index contributed by atoms with van der Waals surface area (Å²) in [5, 5.41) is 10.2. The van der Waals surface area contributed by atoms with Gasteiger partial charge in [0.15, 0.2) is 0 Å². The quantitative estimate of drug-likeness (QED) is 0.730. The van der Waals surface area contributed by atoms with Crippen molar-refractivity contribution in [2.75, 3.05) is 30.9 Å². The molecular weight excluding hydrogens is 401 g/mol. The number of aryl methyl sites for hydroxylation is 1. The number of nitrogens with zero attached hydrogens (tertiary/aromatic N) is 2. The van der Waals surface area contributed by atoms with Gasteiger partial charge in [0.25, 0.3) is 11.8 Å². The van der Waals surface area contributed by atoms with E-state index in [0.29, 0.717) is 5.56 Å². The average molecular weight is 420 g/mol. The van der Waals surface area contributed by atoms with E-state index < -0.39 is 28.9 Å². The number of anilines is 1. The van der Waals surface area contributed by atoms with Crippen molar-refractivity contribution in [1.29, 1.82) is 0 Å². The van der Waals surface area contributed by atoms with Crippen LogP contribution in [0.1, 0.15) is 26.3 Å². The first-order valence-corrected chi connectivity index (χ1v) is 9.88. The van der Waals surface area contributed by atoms with Crippen molar-refractivity contribution in [2.24, 2.45) is 0 Å². The zero-order valence-corrected chi connectivity index (χ0v) is 16.4. The van der Waals surface area contributed by atoms with Crippen LogP contribution >= 0.6 is 0 Å². The second-order valence-corrected chi connectivity index (χ2v) is 7.26. The molecular formula is C19H19FN3O5S-. The number of benzene rings is 2. The Morgan fingerprint density at radius 3 is 2.24 bits per heavy atom. The first-order chi connectivity index (χ1) is 13.8. The molecule has 10 heteroatoms. The molecule has 0 spiro atoms. The first-order valence-electron chi connectivity index (χ1n) is 8.80. The molecule has 0 saturated carbocycles. The molecule has 0 aromatic heterocycles. The van der Waals surface area contributed by atoms with Crippen molar-refractivity contribution in [3.8, 4) is 5.75 Å². The number of phenols is 1. The second kappa shape index (κ2) is 8.58. The smallest absolute Gasteiger partial charge is 0.258 e. The van der Waals surface area contributed by atoms with Gasteiger partial charge in [-0.3, -0.25) is 13.8 Å². The van der Waals surface area contributed by atoms with Crippen LogP contribution in [0.15, 0.2) is 36.4 Å². The standard InChI is InChI=1S/C19H20FN3O5S/c1-12-10-13(21-29(27)28)11-16(24)17(12)19(26)23-8-6-22(7-9-23)18(25)14-4-2-3-5-15(14)20/h2-5,10-11,21,24H,6-9H2,1H3,(H,27,28)/p-1. The molecule has 1 fully saturated rings. The Bertz CT molecular complexity index is 953. The maximum absolute atomic E-state index is 13.8. The highest BCUT2D eigenvalue weighted by Crippen LogP contribution is 2.28. The number of nitrogens with one attached hydrogen (secondary N) is 1. The predicted molar refractivity (Wildman–Crippen MR) is 104 cm³/mol. The molecule has 1 atom stereocenters. The van der Waals surface area contributed by atoms with Gasteiger partial charge in [-0.2, -0.15) is 0 Å². The van der Waals surface area contributed by atoms with Gasteiger partial charge in [-0.1, -0.05) is 12.1 Å². The number of hydrogen-bond donors (Lipinski definition) is 2. The van der Waals surface area contributed by atoms with Crippen LogP contribution in [0.3, 0.4) is 0 Å². The Morgan fingerprint density at radius 2 is 1.69 bits per heavy atom. The zero-order chi connectivity index (χ0) is 21.1. The van der Waals surface area contributed by atoms with Crippen molar-refractivity contribution < 1.29 is 27.8 Å². The van der Waals surface area contributed by atoms with Gasteiger partial charge >= 0.3 is 0 Å². The molecule has 1 aliphatic heterocycles. The summed E-state index contributed by atoms with van der Waals surface area (Å²) in [6, 6.07) is 8.34. The number of rotatable bonds is 4. The van der Waals surface area contributed by atoms with Crippen LogP contribution < -0.4 is 4.72 Å². The summed E-state index contributed by atoms with van der Waals surface area (Å²) in [7, 11) is 0. The fraction of sp³-hybridized carbons (Fsp3) is 0.263. The van der Waals surface area contributed by atoms with E-state index >= 15 is 0 Å². The van der Waals surface area contributed by atoms with E-state index in [1.807, 2.05) is 0 Å². The molecule has 154 valence electrons. The van der Waals surface area contributed by atoms with Crippen LogP contribution in [-0.2, 0) is 11.3 Å². The molecule has 0 aliphatic carbocycles. The highest BCUT2D eigenvalue weighted by Gasteiger charge is 2.28. The van der Waals surface area contributed by atoms with Crippen molar-refractivity contribution in [3.05, 3.63) is 58.9 Å². The lowest BCUT2D eigenvalue weighted by Gasteiger charge is -2.35. The molecule has 0 bridgehead atoms. The minimum Gasteiger partial charge on any atom is -0.755 e. The van der Waals surface area contributed by atoms with E-state index in [-0.39, 0.29) is 48.7 Å². The maximum atomic E-state index is 13.8. The molecule has 1 saturated heterocycles. The summed E-state index contributed by atoms with van der Waals surface area (Å²) in [5.74, 6) is -1.79.